The van der Waals surface area contributed by atoms with E-state index < -0.39 is 5.97 Å². The molecule has 1 aromatic carbocycles. The van der Waals surface area contributed by atoms with E-state index in [1.165, 1.54) is 7.11 Å². The smallest absolute Gasteiger partial charge is 0.337 e. The Hall–Kier alpha value is -2.37. The third-order valence-corrected chi connectivity index (χ3v) is 5.02. The van der Waals surface area contributed by atoms with Crippen molar-refractivity contribution in [3.63, 3.8) is 0 Å². The van der Waals surface area contributed by atoms with E-state index >= 15 is 0 Å². The van der Waals surface area contributed by atoms with Gasteiger partial charge in [-0.3, -0.25) is 9.59 Å². The molecule has 0 N–H and O–H groups in total. The van der Waals surface area contributed by atoms with Crippen molar-refractivity contribution in [1.82, 2.24) is 4.90 Å². The van der Waals surface area contributed by atoms with E-state index in [9.17, 15) is 14.4 Å². The number of methoxy groups -OCH3 is 1. The van der Waals surface area contributed by atoms with Crippen molar-refractivity contribution in [2.45, 2.75) is 26.2 Å². The fourth-order valence-electron chi connectivity index (χ4n) is 3.69. The van der Waals surface area contributed by atoms with Crippen molar-refractivity contribution in [2.24, 2.45) is 11.8 Å². The Balaban J connectivity index is 1.72. The molecule has 0 bridgehead atoms. The summed E-state index contributed by atoms with van der Waals surface area (Å²) in [6.07, 6.45) is 2.41. The van der Waals surface area contributed by atoms with Crippen molar-refractivity contribution in [3.05, 3.63) is 29.8 Å². The van der Waals surface area contributed by atoms with Gasteiger partial charge in [-0.15, -0.1) is 0 Å². The van der Waals surface area contributed by atoms with Gasteiger partial charge in [-0.1, -0.05) is 13.0 Å². The highest BCUT2D eigenvalue weighted by Gasteiger charge is 2.38. The maximum absolute atomic E-state index is 12.8. The molecule has 2 fully saturated rings. The summed E-state index contributed by atoms with van der Waals surface area (Å²) in [5.74, 6) is -0.234. The maximum atomic E-state index is 12.8. The number of carbonyl (C=O) groups excluding carboxylic acids is 3. The molecule has 2 unspecified atom stereocenters. The third kappa shape index (κ3) is 3.67. The van der Waals surface area contributed by atoms with Gasteiger partial charge in [0.25, 0.3) is 0 Å². The van der Waals surface area contributed by atoms with Crippen LogP contribution < -0.4 is 4.90 Å². The van der Waals surface area contributed by atoms with Gasteiger partial charge in [0.2, 0.25) is 11.8 Å². The summed E-state index contributed by atoms with van der Waals surface area (Å²) in [7, 11) is 1.32. The largest absolute Gasteiger partial charge is 0.465 e. The SMILES string of the molecule is COC(=O)c1cccc(N2CC(C(=O)N3CCCC(C)C3)CC2=O)c1. The summed E-state index contributed by atoms with van der Waals surface area (Å²) in [5.41, 5.74) is 1.03. The molecule has 2 heterocycles. The zero-order valence-corrected chi connectivity index (χ0v) is 14.7. The van der Waals surface area contributed by atoms with Crippen LogP contribution in [-0.4, -0.2) is 49.4 Å². The fraction of sp³-hybridized carbons (Fsp3) is 0.526. The zero-order chi connectivity index (χ0) is 18.0. The molecule has 0 aromatic heterocycles. The Kier molecular flexibility index (Phi) is 5.06. The minimum Gasteiger partial charge on any atom is -0.465 e. The van der Waals surface area contributed by atoms with Crippen LogP contribution in [0.15, 0.2) is 24.3 Å². The number of amides is 2. The lowest BCUT2D eigenvalue weighted by molar-refractivity contribution is -0.137. The van der Waals surface area contributed by atoms with E-state index in [2.05, 4.69) is 6.92 Å². The predicted molar refractivity (Wildman–Crippen MR) is 93.2 cm³/mol. The monoisotopic (exact) mass is 344 g/mol. The van der Waals surface area contributed by atoms with Gasteiger partial charge >= 0.3 is 5.97 Å². The number of esters is 1. The summed E-state index contributed by atoms with van der Waals surface area (Å²) in [5, 5.41) is 0. The van der Waals surface area contributed by atoms with E-state index in [1.54, 1.807) is 29.2 Å². The standard InChI is InChI=1S/C19H24N2O4/c1-13-5-4-8-20(11-13)18(23)15-10-17(22)21(12-15)16-7-3-6-14(9-16)19(24)25-2/h3,6-7,9,13,15H,4-5,8,10-12H2,1-2H3. The minimum absolute atomic E-state index is 0.0755. The van der Waals surface area contributed by atoms with Crippen LogP contribution in [0.2, 0.25) is 0 Å². The van der Waals surface area contributed by atoms with E-state index in [1.807, 2.05) is 4.90 Å². The second kappa shape index (κ2) is 7.25. The number of anilines is 1. The van der Waals surface area contributed by atoms with E-state index in [4.69, 9.17) is 4.74 Å². The summed E-state index contributed by atoms with van der Waals surface area (Å²) in [6.45, 7) is 4.09. The molecule has 134 valence electrons. The molecule has 2 aliphatic heterocycles. The zero-order valence-electron chi connectivity index (χ0n) is 14.7. The molecule has 0 saturated carbocycles. The van der Waals surface area contributed by atoms with Crippen molar-refractivity contribution < 1.29 is 19.1 Å². The lowest BCUT2D eigenvalue weighted by Crippen LogP contribution is -2.43. The van der Waals surface area contributed by atoms with Crippen molar-refractivity contribution >= 4 is 23.5 Å². The fourth-order valence-corrected chi connectivity index (χ4v) is 3.69. The summed E-state index contributed by atoms with van der Waals surface area (Å²) in [4.78, 5) is 40.4. The highest BCUT2D eigenvalue weighted by molar-refractivity contribution is 6.01. The van der Waals surface area contributed by atoms with Crippen LogP contribution >= 0.6 is 0 Å². The summed E-state index contributed by atoms with van der Waals surface area (Å²) >= 11 is 0. The predicted octanol–water partition coefficient (Wildman–Crippen LogP) is 2.08. The molecule has 1 aromatic rings. The van der Waals surface area contributed by atoms with Crippen LogP contribution in [0.4, 0.5) is 5.69 Å². The van der Waals surface area contributed by atoms with Gasteiger partial charge in [0.1, 0.15) is 0 Å². The Labute approximate surface area is 147 Å². The normalized spacial score (nSPS) is 23.7. The molecule has 2 aliphatic rings. The first-order valence-electron chi connectivity index (χ1n) is 8.77. The number of benzene rings is 1. The van der Waals surface area contributed by atoms with E-state index in [0.717, 1.165) is 25.9 Å². The lowest BCUT2D eigenvalue weighted by atomic mass is 9.98. The quantitative estimate of drug-likeness (QED) is 0.788. The average Bonchev–Trinajstić information content (AvgIpc) is 3.02. The van der Waals surface area contributed by atoms with Crippen LogP contribution in [-0.2, 0) is 14.3 Å². The molecule has 6 heteroatoms. The highest BCUT2D eigenvalue weighted by Crippen LogP contribution is 2.28. The van der Waals surface area contributed by atoms with Gasteiger partial charge in [0.05, 0.1) is 18.6 Å². The second-order valence-electron chi connectivity index (χ2n) is 6.98. The number of likely N-dealkylation sites (tertiary alicyclic amines) is 1. The number of rotatable bonds is 3. The van der Waals surface area contributed by atoms with Crippen LogP contribution in [0.5, 0.6) is 0 Å². The number of hydrogen-bond donors (Lipinski definition) is 0. The molecule has 25 heavy (non-hydrogen) atoms. The number of hydrogen-bond acceptors (Lipinski definition) is 4. The Morgan fingerprint density at radius 3 is 2.76 bits per heavy atom. The number of piperidine rings is 1. The van der Waals surface area contributed by atoms with Gasteiger partial charge in [-0.05, 0) is 37.0 Å². The van der Waals surface area contributed by atoms with Crippen molar-refractivity contribution in [1.29, 1.82) is 0 Å². The number of ether oxygens (including phenoxy) is 1. The van der Waals surface area contributed by atoms with Gasteiger partial charge < -0.3 is 14.5 Å². The first-order chi connectivity index (χ1) is 12.0. The number of carbonyl (C=O) groups is 3. The van der Waals surface area contributed by atoms with Crippen LogP contribution in [0.3, 0.4) is 0 Å². The van der Waals surface area contributed by atoms with E-state index in [-0.39, 0.29) is 24.2 Å². The van der Waals surface area contributed by atoms with Crippen LogP contribution in [0, 0.1) is 11.8 Å². The van der Waals surface area contributed by atoms with Crippen molar-refractivity contribution in [3.8, 4) is 0 Å². The molecule has 0 spiro atoms. The van der Waals surface area contributed by atoms with Gasteiger partial charge in [-0.25, -0.2) is 4.79 Å². The topological polar surface area (TPSA) is 66.9 Å². The molecular weight excluding hydrogens is 320 g/mol. The van der Waals surface area contributed by atoms with Gasteiger partial charge in [0.15, 0.2) is 0 Å². The molecule has 0 aliphatic carbocycles. The summed E-state index contributed by atoms with van der Waals surface area (Å²) in [6, 6.07) is 6.78. The van der Waals surface area contributed by atoms with E-state index in [0.29, 0.717) is 23.7 Å². The Bertz CT molecular complexity index is 688. The van der Waals surface area contributed by atoms with Gasteiger partial charge in [0, 0.05) is 31.7 Å². The molecule has 3 rings (SSSR count). The number of nitrogens with zero attached hydrogens (tertiary/aromatic N) is 2. The highest BCUT2D eigenvalue weighted by atomic mass is 16.5. The Morgan fingerprint density at radius 2 is 2.04 bits per heavy atom. The third-order valence-electron chi connectivity index (χ3n) is 5.02. The van der Waals surface area contributed by atoms with Crippen molar-refractivity contribution in [2.75, 3.05) is 31.6 Å². The lowest BCUT2D eigenvalue weighted by Gasteiger charge is -2.32. The first kappa shape index (κ1) is 17.5. The molecule has 6 nitrogen and oxygen atoms in total. The average molecular weight is 344 g/mol. The molecule has 2 atom stereocenters. The molecule has 2 amide bonds. The minimum atomic E-state index is -0.441. The molecular formula is C19H24N2O4. The second-order valence-corrected chi connectivity index (χ2v) is 6.98. The molecule has 2 saturated heterocycles. The maximum Gasteiger partial charge on any atom is 0.337 e. The first-order valence-corrected chi connectivity index (χ1v) is 8.77. The van der Waals surface area contributed by atoms with Gasteiger partial charge in [-0.2, -0.15) is 0 Å². The molecule has 0 radical (unpaired) electrons. The summed E-state index contributed by atoms with van der Waals surface area (Å²) < 4.78 is 4.73. The Morgan fingerprint density at radius 1 is 1.24 bits per heavy atom. The van der Waals surface area contributed by atoms with Crippen LogP contribution in [0.1, 0.15) is 36.5 Å². The van der Waals surface area contributed by atoms with Crippen LogP contribution in [0.25, 0.3) is 0 Å².